The van der Waals surface area contributed by atoms with Gasteiger partial charge < -0.3 is 15.1 Å². The highest BCUT2D eigenvalue weighted by atomic mass is 19.1. The Morgan fingerprint density at radius 2 is 1.86 bits per heavy atom. The lowest BCUT2D eigenvalue weighted by atomic mass is 9.98. The van der Waals surface area contributed by atoms with Crippen LogP contribution in [0.3, 0.4) is 0 Å². The molecule has 1 aliphatic heterocycles. The Kier molecular flexibility index (Phi) is 5.08. The zero-order valence-electron chi connectivity index (χ0n) is 15.9. The molecule has 1 saturated carbocycles. The van der Waals surface area contributed by atoms with Crippen molar-refractivity contribution in [1.82, 2.24) is 15.5 Å². The molecule has 2 aliphatic rings. The summed E-state index contributed by atoms with van der Waals surface area (Å²) in [7, 11) is 0. The first-order chi connectivity index (χ1) is 14.0. The number of amides is 4. The van der Waals surface area contributed by atoms with Crippen molar-refractivity contribution in [3.8, 4) is 11.3 Å². The second-order valence-corrected chi connectivity index (χ2v) is 7.48. The fraction of sp³-hybridized carbons (Fsp3) is 0.381. The molecule has 1 saturated heterocycles. The van der Waals surface area contributed by atoms with Crippen molar-refractivity contribution in [3.05, 3.63) is 48.0 Å². The van der Waals surface area contributed by atoms with E-state index in [0.29, 0.717) is 24.4 Å². The number of imide groups is 1. The van der Waals surface area contributed by atoms with Crippen LogP contribution in [0.5, 0.6) is 0 Å². The molecule has 8 heteroatoms. The van der Waals surface area contributed by atoms with Gasteiger partial charge in [-0.2, -0.15) is 0 Å². The van der Waals surface area contributed by atoms with E-state index in [-0.39, 0.29) is 37.1 Å². The SMILES string of the molecule is O=C(CCN1C(=O)NC2(CCCC2)C1=O)NCc1ccc(-c2ccc(F)cc2)o1. The van der Waals surface area contributed by atoms with Gasteiger partial charge in [-0.15, -0.1) is 0 Å². The molecule has 2 N–H and O–H groups in total. The third kappa shape index (κ3) is 3.87. The molecular weight excluding hydrogens is 377 g/mol. The van der Waals surface area contributed by atoms with Crippen molar-refractivity contribution in [2.24, 2.45) is 0 Å². The standard InChI is InChI=1S/C21H22FN3O4/c22-15-5-3-14(4-6-15)17-8-7-16(29-17)13-23-18(26)9-12-25-19(27)21(24-20(25)28)10-1-2-11-21/h3-8H,1-2,9-13H2,(H,23,26)(H,24,28). The van der Waals surface area contributed by atoms with E-state index in [1.165, 1.54) is 12.1 Å². The van der Waals surface area contributed by atoms with E-state index >= 15 is 0 Å². The van der Waals surface area contributed by atoms with Crippen molar-refractivity contribution in [2.75, 3.05) is 6.54 Å². The average Bonchev–Trinajstić information content (AvgIpc) is 3.41. The Balaban J connectivity index is 1.27. The molecule has 4 amide bonds. The van der Waals surface area contributed by atoms with Crippen molar-refractivity contribution in [1.29, 1.82) is 0 Å². The number of benzene rings is 1. The van der Waals surface area contributed by atoms with Crippen molar-refractivity contribution in [3.63, 3.8) is 0 Å². The van der Waals surface area contributed by atoms with Gasteiger partial charge in [0, 0.05) is 18.5 Å². The summed E-state index contributed by atoms with van der Waals surface area (Å²) in [6.07, 6.45) is 3.19. The first-order valence-corrected chi connectivity index (χ1v) is 9.72. The number of halogens is 1. The molecule has 0 bridgehead atoms. The number of carbonyl (C=O) groups is 3. The maximum absolute atomic E-state index is 13.0. The number of urea groups is 1. The average molecular weight is 399 g/mol. The zero-order valence-corrected chi connectivity index (χ0v) is 15.9. The highest BCUT2D eigenvalue weighted by Crippen LogP contribution is 2.35. The minimum atomic E-state index is -0.752. The molecular formula is C21H22FN3O4. The van der Waals surface area contributed by atoms with Gasteiger partial charge in [-0.1, -0.05) is 12.8 Å². The summed E-state index contributed by atoms with van der Waals surface area (Å²) >= 11 is 0. The van der Waals surface area contributed by atoms with E-state index in [1.807, 2.05) is 0 Å². The van der Waals surface area contributed by atoms with Crippen LogP contribution in [0, 0.1) is 5.82 Å². The zero-order chi connectivity index (χ0) is 20.4. The lowest BCUT2D eigenvalue weighted by molar-refractivity contribution is -0.131. The second kappa shape index (κ2) is 7.69. The Morgan fingerprint density at radius 1 is 1.14 bits per heavy atom. The summed E-state index contributed by atoms with van der Waals surface area (Å²) in [6, 6.07) is 9.01. The van der Waals surface area contributed by atoms with Crippen molar-refractivity contribution >= 4 is 17.8 Å². The lowest BCUT2D eigenvalue weighted by Crippen LogP contribution is -2.44. The third-order valence-electron chi connectivity index (χ3n) is 5.52. The second-order valence-electron chi connectivity index (χ2n) is 7.48. The van der Waals surface area contributed by atoms with Crippen LogP contribution in [0.2, 0.25) is 0 Å². The Hall–Kier alpha value is -3.16. The first-order valence-electron chi connectivity index (χ1n) is 9.72. The van der Waals surface area contributed by atoms with Crippen LogP contribution in [0.25, 0.3) is 11.3 Å². The number of hydrogen-bond acceptors (Lipinski definition) is 4. The Bertz CT molecular complexity index is 932. The molecule has 7 nitrogen and oxygen atoms in total. The van der Waals surface area contributed by atoms with Gasteiger partial charge in [-0.3, -0.25) is 14.5 Å². The van der Waals surface area contributed by atoms with E-state index in [0.717, 1.165) is 23.3 Å². The molecule has 152 valence electrons. The molecule has 0 unspecified atom stereocenters. The van der Waals surface area contributed by atoms with Gasteiger partial charge >= 0.3 is 6.03 Å². The quantitative estimate of drug-likeness (QED) is 0.731. The van der Waals surface area contributed by atoms with E-state index in [4.69, 9.17) is 4.42 Å². The topological polar surface area (TPSA) is 91.7 Å². The summed E-state index contributed by atoms with van der Waals surface area (Å²) in [5.41, 5.74) is -0.0123. The Morgan fingerprint density at radius 3 is 2.59 bits per heavy atom. The van der Waals surface area contributed by atoms with Gasteiger partial charge in [0.15, 0.2) is 0 Å². The molecule has 0 radical (unpaired) electrons. The maximum Gasteiger partial charge on any atom is 0.325 e. The fourth-order valence-electron chi connectivity index (χ4n) is 3.93. The number of furan rings is 1. The minimum absolute atomic E-state index is 0.0285. The molecule has 2 aromatic rings. The first kappa shape index (κ1) is 19.2. The smallest absolute Gasteiger partial charge is 0.325 e. The predicted molar refractivity (Wildman–Crippen MR) is 102 cm³/mol. The maximum atomic E-state index is 13.0. The monoisotopic (exact) mass is 399 g/mol. The number of nitrogens with zero attached hydrogens (tertiary/aromatic N) is 1. The normalized spacial score (nSPS) is 17.8. The van der Waals surface area contributed by atoms with Crippen LogP contribution in [0.4, 0.5) is 9.18 Å². The molecule has 0 atom stereocenters. The summed E-state index contributed by atoms with van der Waals surface area (Å²) in [4.78, 5) is 38.0. The molecule has 1 spiro atoms. The van der Waals surface area contributed by atoms with Crippen LogP contribution >= 0.6 is 0 Å². The minimum Gasteiger partial charge on any atom is -0.459 e. The highest BCUT2D eigenvalue weighted by Gasteiger charge is 2.52. The van der Waals surface area contributed by atoms with Gasteiger partial charge in [0.25, 0.3) is 5.91 Å². The predicted octanol–water partition coefficient (Wildman–Crippen LogP) is 2.96. The van der Waals surface area contributed by atoms with E-state index in [9.17, 15) is 18.8 Å². The fourth-order valence-corrected chi connectivity index (χ4v) is 3.93. The van der Waals surface area contributed by atoms with E-state index < -0.39 is 11.6 Å². The molecule has 1 aromatic carbocycles. The molecule has 4 rings (SSSR count). The molecule has 29 heavy (non-hydrogen) atoms. The largest absolute Gasteiger partial charge is 0.459 e. The number of hydrogen-bond donors (Lipinski definition) is 2. The summed E-state index contributed by atoms with van der Waals surface area (Å²) < 4.78 is 18.7. The van der Waals surface area contributed by atoms with Gasteiger partial charge in [0.1, 0.15) is 22.9 Å². The number of carbonyl (C=O) groups excluding carboxylic acids is 3. The molecule has 2 heterocycles. The third-order valence-corrected chi connectivity index (χ3v) is 5.52. The summed E-state index contributed by atoms with van der Waals surface area (Å²) in [5.74, 6) is 0.310. The van der Waals surface area contributed by atoms with Gasteiger partial charge in [-0.05, 0) is 49.2 Å². The van der Waals surface area contributed by atoms with Crippen LogP contribution in [-0.2, 0) is 16.1 Å². The van der Waals surface area contributed by atoms with Crippen LogP contribution < -0.4 is 10.6 Å². The lowest BCUT2D eigenvalue weighted by Gasteiger charge is -2.19. The van der Waals surface area contributed by atoms with E-state index in [1.54, 1.807) is 24.3 Å². The molecule has 1 aliphatic carbocycles. The van der Waals surface area contributed by atoms with Gasteiger partial charge in [0.2, 0.25) is 5.91 Å². The van der Waals surface area contributed by atoms with Crippen LogP contribution in [0.15, 0.2) is 40.8 Å². The van der Waals surface area contributed by atoms with Crippen molar-refractivity contribution < 1.29 is 23.2 Å². The summed E-state index contributed by atoms with van der Waals surface area (Å²) in [5, 5.41) is 5.52. The molecule has 2 fully saturated rings. The molecule has 1 aromatic heterocycles. The van der Waals surface area contributed by atoms with Crippen molar-refractivity contribution in [2.45, 2.75) is 44.2 Å². The Labute approximate surface area is 167 Å². The summed E-state index contributed by atoms with van der Waals surface area (Å²) in [6.45, 7) is 0.237. The number of nitrogens with one attached hydrogen (secondary N) is 2. The van der Waals surface area contributed by atoms with Crippen LogP contribution in [0.1, 0.15) is 37.9 Å². The van der Waals surface area contributed by atoms with Gasteiger partial charge in [0.05, 0.1) is 6.54 Å². The highest BCUT2D eigenvalue weighted by molar-refractivity contribution is 6.07. The van der Waals surface area contributed by atoms with Gasteiger partial charge in [-0.25, -0.2) is 9.18 Å². The van der Waals surface area contributed by atoms with Crippen LogP contribution in [-0.4, -0.2) is 34.8 Å². The van der Waals surface area contributed by atoms with E-state index in [2.05, 4.69) is 10.6 Å². The number of rotatable bonds is 6.